The lowest BCUT2D eigenvalue weighted by molar-refractivity contribution is -0.160. The van der Waals surface area contributed by atoms with Crippen molar-refractivity contribution in [2.75, 3.05) is 0 Å². The summed E-state index contributed by atoms with van der Waals surface area (Å²) in [5.74, 6) is -9.56. The Morgan fingerprint density at radius 3 is 2.16 bits per heavy atom. The minimum absolute atomic E-state index is 0.442. The van der Waals surface area contributed by atoms with Gasteiger partial charge in [-0.1, -0.05) is 6.92 Å². The number of hydrogen-bond acceptors (Lipinski definition) is 2. The molecular formula is C14H14F7N3O. The summed E-state index contributed by atoms with van der Waals surface area (Å²) in [5, 5.41) is 3.54. The van der Waals surface area contributed by atoms with Gasteiger partial charge in [-0.3, -0.25) is 9.48 Å². The second-order valence-corrected chi connectivity index (χ2v) is 7.17. The number of nitrogens with zero attached hydrogens (tertiary/aromatic N) is 2. The van der Waals surface area contributed by atoms with E-state index in [0.717, 1.165) is 0 Å². The molecule has 3 rings (SSSR count). The molecule has 2 fully saturated rings. The molecule has 2 aliphatic rings. The van der Waals surface area contributed by atoms with Crippen molar-refractivity contribution in [3.8, 4) is 0 Å². The molecule has 140 valence electrons. The largest absolute Gasteiger partial charge is 0.420 e. The minimum atomic E-state index is -5.12. The van der Waals surface area contributed by atoms with Crippen LogP contribution in [0, 0.1) is 5.41 Å². The zero-order valence-corrected chi connectivity index (χ0v) is 12.9. The lowest BCUT2D eigenvalue weighted by atomic mass is 9.67. The maximum atomic E-state index is 13.3. The number of carbonyl (C=O) groups is 1. The van der Waals surface area contributed by atoms with E-state index in [0.29, 0.717) is 4.68 Å². The second-order valence-electron chi connectivity index (χ2n) is 7.17. The summed E-state index contributed by atoms with van der Waals surface area (Å²) in [4.78, 5) is 11.6. The van der Waals surface area contributed by atoms with Crippen molar-refractivity contribution < 1.29 is 35.5 Å². The number of halogens is 7. The molecule has 0 radical (unpaired) electrons. The first-order valence-corrected chi connectivity index (χ1v) is 7.39. The van der Waals surface area contributed by atoms with Crippen molar-refractivity contribution in [2.24, 2.45) is 11.1 Å². The SMILES string of the molecule is CC1(Cn2nc(C3CC3(F)F)c(C(F)(F)F)c2C(N)=O)CC(F)(F)C1. The third-order valence-corrected chi connectivity index (χ3v) is 4.55. The molecule has 0 bridgehead atoms. The highest BCUT2D eigenvalue weighted by Crippen LogP contribution is 2.58. The summed E-state index contributed by atoms with van der Waals surface area (Å²) in [6.45, 7) is 0.956. The first-order chi connectivity index (χ1) is 11.2. The summed E-state index contributed by atoms with van der Waals surface area (Å²) >= 11 is 0. The second kappa shape index (κ2) is 4.88. The van der Waals surface area contributed by atoms with Gasteiger partial charge in [0.2, 0.25) is 5.92 Å². The molecule has 11 heteroatoms. The molecule has 2 aliphatic carbocycles. The van der Waals surface area contributed by atoms with E-state index in [-0.39, 0.29) is 0 Å². The number of primary amides is 1. The van der Waals surface area contributed by atoms with Gasteiger partial charge in [-0.05, 0) is 5.41 Å². The van der Waals surface area contributed by atoms with Gasteiger partial charge in [0.15, 0.2) is 0 Å². The van der Waals surface area contributed by atoms with Crippen molar-refractivity contribution in [2.45, 2.75) is 56.7 Å². The highest BCUT2D eigenvalue weighted by molar-refractivity contribution is 5.93. The summed E-state index contributed by atoms with van der Waals surface area (Å²) in [6.07, 6.45) is -7.15. The summed E-state index contributed by atoms with van der Waals surface area (Å²) in [5.41, 5.74) is 0.279. The fraction of sp³-hybridized carbons (Fsp3) is 0.714. The Labute approximate surface area is 137 Å². The fourth-order valence-electron chi connectivity index (χ4n) is 3.55. The number of rotatable bonds is 4. The van der Waals surface area contributed by atoms with Crippen LogP contribution in [-0.2, 0) is 12.7 Å². The Balaban J connectivity index is 2.05. The van der Waals surface area contributed by atoms with E-state index < -0.39 is 78.0 Å². The molecule has 1 aromatic heterocycles. The summed E-state index contributed by atoms with van der Waals surface area (Å²) in [6, 6.07) is 0. The van der Waals surface area contributed by atoms with E-state index in [1.165, 1.54) is 6.92 Å². The highest BCUT2D eigenvalue weighted by atomic mass is 19.4. The molecule has 1 heterocycles. The van der Waals surface area contributed by atoms with Crippen molar-refractivity contribution in [3.63, 3.8) is 0 Å². The molecule has 0 saturated heterocycles. The van der Waals surface area contributed by atoms with E-state index in [4.69, 9.17) is 5.73 Å². The van der Waals surface area contributed by atoms with Gasteiger partial charge in [-0.2, -0.15) is 18.3 Å². The van der Waals surface area contributed by atoms with E-state index in [1.54, 1.807) is 0 Å². The Kier molecular flexibility index (Phi) is 3.51. The number of nitrogens with two attached hydrogens (primary N) is 1. The molecule has 2 N–H and O–H groups in total. The smallest absolute Gasteiger partial charge is 0.364 e. The Morgan fingerprint density at radius 1 is 1.28 bits per heavy atom. The Bertz CT molecular complexity index is 730. The van der Waals surface area contributed by atoms with Crippen molar-refractivity contribution in [1.29, 1.82) is 0 Å². The van der Waals surface area contributed by atoms with Crippen LogP contribution in [0.1, 0.15) is 53.8 Å². The van der Waals surface area contributed by atoms with E-state index in [2.05, 4.69) is 5.10 Å². The lowest BCUT2D eigenvalue weighted by Gasteiger charge is -2.44. The van der Waals surface area contributed by atoms with Crippen LogP contribution in [0.5, 0.6) is 0 Å². The van der Waals surface area contributed by atoms with Gasteiger partial charge in [-0.25, -0.2) is 17.6 Å². The van der Waals surface area contributed by atoms with Gasteiger partial charge in [0.1, 0.15) is 11.3 Å². The highest BCUT2D eigenvalue weighted by Gasteiger charge is 2.62. The van der Waals surface area contributed by atoms with Gasteiger partial charge in [-0.15, -0.1) is 0 Å². The normalized spacial score (nSPS) is 26.2. The molecule has 2 saturated carbocycles. The van der Waals surface area contributed by atoms with Gasteiger partial charge in [0.25, 0.3) is 11.8 Å². The molecule has 0 aromatic carbocycles. The third-order valence-electron chi connectivity index (χ3n) is 4.55. The van der Waals surface area contributed by atoms with E-state index in [1.807, 2.05) is 0 Å². The molecule has 25 heavy (non-hydrogen) atoms. The van der Waals surface area contributed by atoms with Crippen LogP contribution in [0.15, 0.2) is 0 Å². The van der Waals surface area contributed by atoms with Crippen LogP contribution < -0.4 is 5.73 Å². The van der Waals surface area contributed by atoms with Crippen LogP contribution in [0.3, 0.4) is 0 Å². The number of aromatic nitrogens is 2. The fourth-order valence-corrected chi connectivity index (χ4v) is 3.55. The monoisotopic (exact) mass is 373 g/mol. The molecular weight excluding hydrogens is 359 g/mol. The van der Waals surface area contributed by atoms with Crippen molar-refractivity contribution in [3.05, 3.63) is 17.0 Å². The van der Waals surface area contributed by atoms with Gasteiger partial charge in [0.05, 0.1) is 11.6 Å². The quantitative estimate of drug-likeness (QED) is 0.821. The van der Waals surface area contributed by atoms with Gasteiger partial charge < -0.3 is 5.73 Å². The first-order valence-electron chi connectivity index (χ1n) is 7.39. The van der Waals surface area contributed by atoms with Crippen LogP contribution in [0.4, 0.5) is 30.7 Å². The molecule has 1 aromatic rings. The Hall–Kier alpha value is -1.81. The maximum Gasteiger partial charge on any atom is 0.420 e. The molecule has 0 aliphatic heterocycles. The molecule has 0 spiro atoms. The summed E-state index contributed by atoms with van der Waals surface area (Å²) < 4.78 is 93.4. The number of alkyl halides is 7. The molecule has 1 unspecified atom stereocenters. The Morgan fingerprint density at radius 2 is 1.80 bits per heavy atom. The zero-order chi connectivity index (χ0) is 19.0. The van der Waals surface area contributed by atoms with Crippen molar-refractivity contribution in [1.82, 2.24) is 9.78 Å². The summed E-state index contributed by atoms with van der Waals surface area (Å²) in [7, 11) is 0. The average molecular weight is 373 g/mol. The van der Waals surface area contributed by atoms with Crippen LogP contribution in [0.2, 0.25) is 0 Å². The van der Waals surface area contributed by atoms with E-state index in [9.17, 15) is 35.5 Å². The van der Waals surface area contributed by atoms with Crippen molar-refractivity contribution >= 4 is 5.91 Å². The maximum absolute atomic E-state index is 13.3. The molecule has 4 nitrogen and oxygen atoms in total. The molecule has 1 amide bonds. The van der Waals surface area contributed by atoms with Crippen LogP contribution in [0.25, 0.3) is 0 Å². The first kappa shape index (κ1) is 18.0. The van der Waals surface area contributed by atoms with Crippen LogP contribution >= 0.6 is 0 Å². The van der Waals surface area contributed by atoms with Crippen LogP contribution in [-0.4, -0.2) is 27.5 Å². The number of hydrogen-bond donors (Lipinski definition) is 1. The third kappa shape index (κ3) is 3.08. The number of amides is 1. The lowest BCUT2D eigenvalue weighted by Crippen LogP contribution is -2.47. The van der Waals surface area contributed by atoms with Gasteiger partial charge >= 0.3 is 6.18 Å². The zero-order valence-electron chi connectivity index (χ0n) is 12.9. The molecule has 1 atom stereocenters. The predicted molar refractivity (Wildman–Crippen MR) is 70.3 cm³/mol. The standard InChI is InChI=1S/C14H14F7N3O/c1-11(3-12(15,16)4-11)5-24-9(10(22)25)7(14(19,20)21)8(23-24)6-2-13(6,17)18/h6H,2-5H2,1H3,(H2,22,25). The van der Waals surface area contributed by atoms with Gasteiger partial charge in [0, 0.05) is 25.8 Å². The average Bonchev–Trinajstić information content (AvgIpc) is 2.81. The van der Waals surface area contributed by atoms with E-state index >= 15 is 0 Å². The topological polar surface area (TPSA) is 60.9 Å². The predicted octanol–water partition coefficient (Wildman–Crippen LogP) is 3.56. The minimum Gasteiger partial charge on any atom is -0.364 e. The number of carbonyl (C=O) groups excluding carboxylic acids is 1.